The largest absolute Gasteiger partial charge is 0.337 e. The Kier molecular flexibility index (Phi) is 9.22. The van der Waals surface area contributed by atoms with Crippen molar-refractivity contribution in [2.45, 2.75) is 63.4 Å². The highest BCUT2D eigenvalue weighted by Crippen LogP contribution is 2.35. The second-order valence-corrected chi connectivity index (χ2v) is 11.9. The molecule has 1 aliphatic carbocycles. The van der Waals surface area contributed by atoms with Crippen LogP contribution in [0.15, 0.2) is 96.2 Å². The van der Waals surface area contributed by atoms with E-state index in [9.17, 15) is 13.2 Å². The molecule has 7 nitrogen and oxygen atoms in total. The predicted octanol–water partition coefficient (Wildman–Crippen LogP) is 6.14. The first-order valence-corrected chi connectivity index (χ1v) is 14.8. The van der Waals surface area contributed by atoms with Crippen LogP contribution in [-0.4, -0.2) is 23.9 Å². The number of sulfonamides is 1. The lowest BCUT2D eigenvalue weighted by Gasteiger charge is -2.30. The molecule has 1 aromatic heterocycles. The van der Waals surface area contributed by atoms with E-state index in [0.717, 1.165) is 41.0 Å². The monoisotopic (exact) mass is 558 g/mol. The normalized spacial score (nSPS) is 15.5. The highest BCUT2D eigenvalue weighted by molar-refractivity contribution is 7.89. The van der Waals surface area contributed by atoms with Crippen molar-refractivity contribution in [1.82, 2.24) is 14.3 Å². The summed E-state index contributed by atoms with van der Waals surface area (Å²) >= 11 is 0. The molecule has 0 spiro atoms. The molecule has 0 fully saturated rings. The molecule has 1 aliphatic rings. The third-order valence-corrected chi connectivity index (χ3v) is 8.96. The number of aryl methyl sites for hydroxylation is 2. The van der Waals surface area contributed by atoms with Crippen molar-refractivity contribution < 1.29 is 13.2 Å². The van der Waals surface area contributed by atoms with Crippen LogP contribution >= 0.6 is 0 Å². The Morgan fingerprint density at radius 2 is 1.77 bits per heavy atom. The number of aromatic nitrogens is 2. The van der Waals surface area contributed by atoms with E-state index in [1.807, 2.05) is 66.3 Å². The number of rotatable bonds is 9. The average Bonchev–Trinajstić information content (AvgIpc) is 3.36. The van der Waals surface area contributed by atoms with Gasteiger partial charge >= 0.3 is 0 Å². The molecule has 1 heterocycles. The smallest absolute Gasteiger partial charge is 0.241 e. The van der Waals surface area contributed by atoms with E-state index in [1.165, 1.54) is 0 Å². The summed E-state index contributed by atoms with van der Waals surface area (Å²) in [5.41, 5.74) is 3.89. The summed E-state index contributed by atoms with van der Waals surface area (Å²) in [6.45, 7) is 2.39. The van der Waals surface area contributed by atoms with Gasteiger partial charge in [-0.1, -0.05) is 68.9 Å². The molecule has 210 valence electrons. The van der Waals surface area contributed by atoms with E-state index in [1.54, 1.807) is 41.4 Å². The fourth-order valence-corrected chi connectivity index (χ4v) is 6.49. The highest BCUT2D eigenvalue weighted by Gasteiger charge is 2.28. The zero-order chi connectivity index (χ0) is 27.4. The molecule has 0 saturated heterocycles. The molecule has 1 N–H and O–H groups in total. The second kappa shape index (κ2) is 12.6. The predicted molar refractivity (Wildman–Crippen MR) is 159 cm³/mol. The number of carbonyl (C=O) groups is 1. The first kappa shape index (κ1) is 29.2. The minimum Gasteiger partial charge on any atom is -0.337 e. The quantitative estimate of drug-likeness (QED) is 0.268. The maximum absolute atomic E-state index is 13.8. The van der Waals surface area contributed by atoms with Crippen LogP contribution in [0.25, 0.3) is 0 Å². The first-order valence-electron chi connectivity index (χ1n) is 13.3. The standard InChI is InChI=1S/C31H34N4O3S.CH4/c1-23(24-10-5-3-6-11-24)20-31(36)35(22-30-32-18-19-34(30)2)26-17-16-25-12-9-15-29(28(25)21-26)33-39(37,38)27-13-7-4-8-14-27;/h3-8,10-11,13-14,16-19,21,23,29,33H,9,12,15,20,22H2,1-2H3;1H4/t23-,29+;/m0./s1. The van der Waals surface area contributed by atoms with Crippen LogP contribution in [0.4, 0.5) is 5.69 Å². The fourth-order valence-electron chi connectivity index (χ4n) is 5.22. The van der Waals surface area contributed by atoms with Crippen LogP contribution < -0.4 is 9.62 Å². The van der Waals surface area contributed by atoms with E-state index < -0.39 is 10.0 Å². The van der Waals surface area contributed by atoms with Gasteiger partial charge < -0.3 is 9.47 Å². The van der Waals surface area contributed by atoms with Gasteiger partial charge in [0.1, 0.15) is 5.82 Å². The third kappa shape index (κ3) is 6.51. The van der Waals surface area contributed by atoms with Gasteiger partial charge in [0.15, 0.2) is 0 Å². The summed E-state index contributed by atoms with van der Waals surface area (Å²) in [5.74, 6) is 0.812. The van der Waals surface area contributed by atoms with Crippen molar-refractivity contribution in [3.05, 3.63) is 114 Å². The van der Waals surface area contributed by atoms with Crippen LogP contribution in [0.5, 0.6) is 0 Å². The SMILES string of the molecule is C.C[C@@H](CC(=O)N(Cc1nccn1C)c1ccc2c(c1)[C@H](NS(=O)(=O)c1ccccc1)CCC2)c1ccccc1. The topological polar surface area (TPSA) is 84.3 Å². The lowest BCUT2D eigenvalue weighted by molar-refractivity contribution is -0.119. The molecule has 3 aromatic carbocycles. The number of hydrogen-bond acceptors (Lipinski definition) is 4. The second-order valence-electron chi connectivity index (χ2n) is 10.2. The number of nitrogens with zero attached hydrogens (tertiary/aromatic N) is 3. The number of fused-ring (bicyclic) bond motifs is 1. The van der Waals surface area contributed by atoms with Crippen molar-refractivity contribution >= 4 is 21.6 Å². The van der Waals surface area contributed by atoms with Crippen LogP contribution in [-0.2, 0) is 34.8 Å². The minimum absolute atomic E-state index is 0. The van der Waals surface area contributed by atoms with Gasteiger partial charge in [-0.3, -0.25) is 4.79 Å². The van der Waals surface area contributed by atoms with Crippen molar-refractivity contribution in [2.24, 2.45) is 7.05 Å². The van der Waals surface area contributed by atoms with E-state index in [-0.39, 0.29) is 30.2 Å². The van der Waals surface area contributed by atoms with Gasteiger partial charge in [0.05, 0.1) is 11.4 Å². The molecule has 0 radical (unpaired) electrons. The van der Waals surface area contributed by atoms with E-state index in [4.69, 9.17) is 0 Å². The molecule has 2 atom stereocenters. The van der Waals surface area contributed by atoms with Gasteiger partial charge in [-0.25, -0.2) is 18.1 Å². The molecular weight excluding hydrogens is 520 g/mol. The Labute approximate surface area is 237 Å². The molecular formula is C32H38N4O3S. The number of hydrogen-bond donors (Lipinski definition) is 1. The number of anilines is 1. The third-order valence-electron chi connectivity index (χ3n) is 7.48. The zero-order valence-electron chi connectivity index (χ0n) is 22.3. The first-order chi connectivity index (χ1) is 18.8. The van der Waals surface area contributed by atoms with E-state index >= 15 is 0 Å². The van der Waals surface area contributed by atoms with E-state index in [2.05, 4.69) is 16.6 Å². The van der Waals surface area contributed by atoms with Gasteiger partial charge in [0.2, 0.25) is 15.9 Å². The maximum atomic E-state index is 13.8. The molecule has 8 heteroatoms. The maximum Gasteiger partial charge on any atom is 0.241 e. The molecule has 0 saturated carbocycles. The number of nitrogens with one attached hydrogen (secondary N) is 1. The summed E-state index contributed by atoms with van der Waals surface area (Å²) in [6.07, 6.45) is 6.39. The summed E-state index contributed by atoms with van der Waals surface area (Å²) in [7, 11) is -1.77. The fraction of sp³-hybridized carbons (Fsp3) is 0.312. The van der Waals surface area contributed by atoms with E-state index in [0.29, 0.717) is 19.4 Å². The zero-order valence-corrected chi connectivity index (χ0v) is 23.1. The van der Waals surface area contributed by atoms with Gasteiger partial charge in [-0.2, -0.15) is 0 Å². The van der Waals surface area contributed by atoms with Crippen LogP contribution in [0.2, 0.25) is 0 Å². The molecule has 4 aromatic rings. The highest BCUT2D eigenvalue weighted by atomic mass is 32.2. The minimum atomic E-state index is -3.69. The van der Waals surface area contributed by atoms with Crippen molar-refractivity contribution in [2.75, 3.05) is 4.90 Å². The van der Waals surface area contributed by atoms with Crippen molar-refractivity contribution in [1.29, 1.82) is 0 Å². The number of amides is 1. The Balaban J connectivity index is 0.00000370. The molecule has 40 heavy (non-hydrogen) atoms. The number of imidazole rings is 1. The lowest BCUT2D eigenvalue weighted by atomic mass is 9.87. The Hall–Kier alpha value is -3.75. The Morgan fingerprint density at radius 3 is 2.45 bits per heavy atom. The average molecular weight is 559 g/mol. The Bertz CT molecular complexity index is 1530. The summed E-state index contributed by atoms with van der Waals surface area (Å²) < 4.78 is 31.1. The van der Waals surface area contributed by atoms with Gasteiger partial charge in [0, 0.05) is 37.6 Å². The molecule has 5 rings (SSSR count). The van der Waals surface area contributed by atoms with Crippen molar-refractivity contribution in [3.63, 3.8) is 0 Å². The van der Waals surface area contributed by atoms with Gasteiger partial charge in [0.25, 0.3) is 0 Å². The van der Waals surface area contributed by atoms with Crippen LogP contribution in [0, 0.1) is 0 Å². The Morgan fingerprint density at radius 1 is 1.07 bits per heavy atom. The van der Waals surface area contributed by atoms with Gasteiger partial charge in [-0.15, -0.1) is 0 Å². The summed E-state index contributed by atoms with van der Waals surface area (Å²) in [5, 5.41) is 0. The van der Waals surface area contributed by atoms with Gasteiger partial charge in [-0.05, 0) is 66.1 Å². The summed E-state index contributed by atoms with van der Waals surface area (Å²) in [4.78, 5) is 20.3. The number of benzene rings is 3. The molecule has 0 aliphatic heterocycles. The molecule has 1 amide bonds. The summed E-state index contributed by atoms with van der Waals surface area (Å²) in [6, 6.07) is 24.1. The molecule has 0 unspecified atom stereocenters. The lowest BCUT2D eigenvalue weighted by Crippen LogP contribution is -2.34. The van der Waals surface area contributed by atoms with Crippen LogP contribution in [0.1, 0.15) is 68.1 Å². The molecule has 0 bridgehead atoms. The van der Waals surface area contributed by atoms with Crippen molar-refractivity contribution in [3.8, 4) is 0 Å². The van der Waals surface area contributed by atoms with Crippen LogP contribution in [0.3, 0.4) is 0 Å². The number of carbonyl (C=O) groups excluding carboxylic acids is 1.